The Morgan fingerprint density at radius 1 is 1.00 bits per heavy atom. The monoisotopic (exact) mass is 240 g/mol. The van der Waals surface area contributed by atoms with Gasteiger partial charge in [-0.25, -0.2) is 0 Å². The van der Waals surface area contributed by atoms with Crippen molar-refractivity contribution in [1.29, 1.82) is 0 Å². The fraction of sp³-hybridized carbons (Fsp3) is 1.00. The molecule has 5 heteroatoms. The van der Waals surface area contributed by atoms with Gasteiger partial charge in [-0.15, -0.1) is 0 Å². The van der Waals surface area contributed by atoms with Crippen molar-refractivity contribution in [2.24, 2.45) is 17.3 Å². The van der Waals surface area contributed by atoms with Crippen molar-refractivity contribution in [2.45, 2.75) is 38.5 Å². The molecule has 0 atom stereocenters. The molecule has 2 aliphatic rings. The van der Waals surface area contributed by atoms with Crippen LogP contribution < -0.4 is 0 Å². The minimum absolute atomic E-state index is 0.309. The first-order chi connectivity index (χ1) is 7.30. The van der Waals surface area contributed by atoms with Gasteiger partial charge in [0.2, 0.25) is 0 Å². The van der Waals surface area contributed by atoms with Gasteiger partial charge in [0.1, 0.15) is 5.41 Å². The summed E-state index contributed by atoms with van der Waals surface area (Å²) in [5, 5.41) is 0. The van der Waals surface area contributed by atoms with Crippen LogP contribution in [-0.4, -0.2) is 25.1 Å². The van der Waals surface area contributed by atoms with Crippen LogP contribution in [0.3, 0.4) is 0 Å². The Bertz CT molecular complexity index is 268. The maximum Gasteiger partial charge on any atom is 0.323 e. The van der Waals surface area contributed by atoms with Crippen LogP contribution in [0.15, 0.2) is 0 Å². The van der Waals surface area contributed by atoms with E-state index in [2.05, 4.69) is 0 Å². The third-order valence-electron chi connectivity index (χ3n) is 4.15. The highest BCUT2D eigenvalue weighted by atomic mass is 19.3. The van der Waals surface area contributed by atoms with E-state index in [1.54, 1.807) is 0 Å². The van der Waals surface area contributed by atoms with Gasteiger partial charge in [0.05, 0.1) is 0 Å². The molecule has 1 saturated heterocycles. The van der Waals surface area contributed by atoms with Gasteiger partial charge in [-0.05, 0) is 24.7 Å². The van der Waals surface area contributed by atoms with Crippen molar-refractivity contribution in [1.82, 2.24) is 0 Å². The third-order valence-corrected chi connectivity index (χ3v) is 4.15. The lowest BCUT2D eigenvalue weighted by Crippen LogP contribution is -2.34. The van der Waals surface area contributed by atoms with Crippen LogP contribution in [0.2, 0.25) is 0 Å². The van der Waals surface area contributed by atoms with Crippen LogP contribution in [0.1, 0.15) is 26.7 Å². The van der Waals surface area contributed by atoms with E-state index in [1.807, 2.05) is 0 Å². The molecule has 1 aliphatic carbocycles. The van der Waals surface area contributed by atoms with Gasteiger partial charge in [-0.1, -0.05) is 13.8 Å². The maximum atomic E-state index is 13.5. The van der Waals surface area contributed by atoms with E-state index in [0.29, 0.717) is 26.1 Å². The van der Waals surface area contributed by atoms with E-state index >= 15 is 0 Å². The molecule has 0 unspecified atom stereocenters. The Balaban J connectivity index is 2.32. The quantitative estimate of drug-likeness (QED) is 0.673. The minimum atomic E-state index is -3.85. The van der Waals surface area contributed by atoms with Crippen molar-refractivity contribution in [3.05, 3.63) is 0 Å². The summed E-state index contributed by atoms with van der Waals surface area (Å²) in [7, 11) is 0. The SMILES string of the molecule is CC(C)C1(C2CCOCC2)C(F)(F)C1(F)F. The van der Waals surface area contributed by atoms with Crippen LogP contribution in [0.4, 0.5) is 17.6 Å². The summed E-state index contributed by atoms with van der Waals surface area (Å²) in [5.41, 5.74) is -2.14. The molecule has 94 valence electrons. The summed E-state index contributed by atoms with van der Waals surface area (Å²) in [4.78, 5) is 0. The van der Waals surface area contributed by atoms with Gasteiger partial charge in [0.25, 0.3) is 0 Å². The van der Waals surface area contributed by atoms with Crippen LogP contribution in [0.25, 0.3) is 0 Å². The highest BCUT2D eigenvalue weighted by molar-refractivity contribution is 5.29. The summed E-state index contributed by atoms with van der Waals surface area (Å²) >= 11 is 0. The molecule has 2 fully saturated rings. The molecule has 0 bridgehead atoms. The molecule has 0 radical (unpaired) electrons. The van der Waals surface area contributed by atoms with E-state index in [4.69, 9.17) is 4.74 Å². The topological polar surface area (TPSA) is 9.23 Å². The van der Waals surface area contributed by atoms with E-state index in [1.165, 1.54) is 13.8 Å². The van der Waals surface area contributed by atoms with Crippen molar-refractivity contribution >= 4 is 0 Å². The lowest BCUT2D eigenvalue weighted by Gasteiger charge is -2.32. The lowest BCUT2D eigenvalue weighted by atomic mass is 9.75. The molecule has 1 heterocycles. The largest absolute Gasteiger partial charge is 0.381 e. The predicted octanol–water partition coefficient (Wildman–Crippen LogP) is 3.34. The molecule has 2 rings (SSSR count). The second-order valence-corrected chi connectivity index (χ2v) is 5.06. The molecule has 1 saturated carbocycles. The predicted molar refractivity (Wildman–Crippen MR) is 50.7 cm³/mol. The molecule has 0 spiro atoms. The molecule has 0 aromatic heterocycles. The normalized spacial score (nSPS) is 31.7. The van der Waals surface area contributed by atoms with Gasteiger partial charge in [-0.3, -0.25) is 0 Å². The average molecular weight is 240 g/mol. The summed E-state index contributed by atoms with van der Waals surface area (Å²) < 4.78 is 58.9. The first kappa shape index (κ1) is 12.1. The van der Waals surface area contributed by atoms with Crippen molar-refractivity contribution < 1.29 is 22.3 Å². The molecule has 0 amide bonds. The van der Waals surface area contributed by atoms with E-state index in [-0.39, 0.29) is 0 Å². The third kappa shape index (κ3) is 1.10. The zero-order valence-electron chi connectivity index (χ0n) is 9.40. The Morgan fingerprint density at radius 2 is 1.44 bits per heavy atom. The number of hydrogen-bond acceptors (Lipinski definition) is 1. The smallest absolute Gasteiger partial charge is 0.323 e. The molecule has 0 aromatic rings. The molecule has 16 heavy (non-hydrogen) atoms. The van der Waals surface area contributed by atoms with Crippen LogP contribution >= 0.6 is 0 Å². The van der Waals surface area contributed by atoms with Gasteiger partial charge >= 0.3 is 11.8 Å². The fourth-order valence-electron chi connectivity index (χ4n) is 3.32. The van der Waals surface area contributed by atoms with Gasteiger partial charge in [0.15, 0.2) is 0 Å². The lowest BCUT2D eigenvalue weighted by molar-refractivity contribution is -0.0289. The van der Waals surface area contributed by atoms with Crippen molar-refractivity contribution in [3.8, 4) is 0 Å². The molecule has 1 aliphatic heterocycles. The Labute approximate surface area is 92.2 Å². The van der Waals surface area contributed by atoms with Crippen LogP contribution in [0.5, 0.6) is 0 Å². The minimum Gasteiger partial charge on any atom is -0.381 e. The maximum absolute atomic E-state index is 13.5. The van der Waals surface area contributed by atoms with Gasteiger partial charge in [0, 0.05) is 13.2 Å². The average Bonchev–Trinajstić information content (AvgIpc) is 2.55. The molecular formula is C11H16F4O. The Kier molecular flexibility index (Phi) is 2.54. The number of rotatable bonds is 2. The van der Waals surface area contributed by atoms with Crippen molar-refractivity contribution in [3.63, 3.8) is 0 Å². The zero-order valence-corrected chi connectivity index (χ0v) is 9.40. The highest BCUT2D eigenvalue weighted by Gasteiger charge is 2.97. The van der Waals surface area contributed by atoms with Gasteiger partial charge in [-0.2, -0.15) is 17.6 Å². The number of alkyl halides is 4. The standard InChI is InChI=1S/C11H16F4O/c1-7(2)9(8-3-5-16-6-4-8)10(12,13)11(9,14)15/h7-8H,3-6H2,1-2H3. The van der Waals surface area contributed by atoms with E-state index in [0.717, 1.165) is 0 Å². The molecular weight excluding hydrogens is 224 g/mol. The fourth-order valence-corrected chi connectivity index (χ4v) is 3.32. The second-order valence-electron chi connectivity index (χ2n) is 5.06. The van der Waals surface area contributed by atoms with Crippen LogP contribution in [0, 0.1) is 17.3 Å². The number of halogens is 4. The van der Waals surface area contributed by atoms with Gasteiger partial charge < -0.3 is 4.74 Å². The van der Waals surface area contributed by atoms with E-state index in [9.17, 15) is 17.6 Å². The summed E-state index contributed by atoms with van der Waals surface area (Å²) in [5.74, 6) is -9.06. The molecule has 1 nitrogen and oxygen atoms in total. The second kappa shape index (κ2) is 3.34. The number of hydrogen-bond donors (Lipinski definition) is 0. The molecule has 0 aromatic carbocycles. The summed E-state index contributed by atoms with van der Waals surface area (Å²) in [6, 6.07) is 0. The zero-order chi connectivity index (χ0) is 12.2. The molecule has 0 N–H and O–H groups in total. The van der Waals surface area contributed by atoms with Crippen molar-refractivity contribution in [2.75, 3.05) is 13.2 Å². The highest BCUT2D eigenvalue weighted by Crippen LogP contribution is 2.79. The first-order valence-corrected chi connectivity index (χ1v) is 5.63. The summed E-state index contributed by atoms with van der Waals surface area (Å²) in [6.07, 6.45) is 0.618. The van der Waals surface area contributed by atoms with E-state index < -0.39 is 29.1 Å². The Morgan fingerprint density at radius 3 is 1.75 bits per heavy atom. The Hall–Kier alpha value is -0.320. The first-order valence-electron chi connectivity index (χ1n) is 5.63. The number of ether oxygens (including phenoxy) is 1. The van der Waals surface area contributed by atoms with Crippen LogP contribution in [-0.2, 0) is 4.74 Å². The summed E-state index contributed by atoms with van der Waals surface area (Å²) in [6.45, 7) is 3.55.